The Hall–Kier alpha value is -1.11. The van der Waals surface area contributed by atoms with Gasteiger partial charge in [-0.05, 0) is 30.0 Å². The van der Waals surface area contributed by atoms with Crippen LogP contribution in [-0.4, -0.2) is 45.5 Å². The Morgan fingerprint density at radius 1 is 1.35 bits per heavy atom. The Morgan fingerprint density at radius 3 is 2.85 bits per heavy atom. The highest BCUT2D eigenvalue weighted by Gasteiger charge is 2.08. The molecule has 0 radical (unpaired) electrons. The second-order valence-electron chi connectivity index (χ2n) is 4.24. The maximum atomic E-state index is 13.5. The Balaban J connectivity index is 2.41. The van der Waals surface area contributed by atoms with Crippen molar-refractivity contribution in [1.29, 1.82) is 0 Å². The topological polar surface area (TPSA) is 50.4 Å². The number of nitrogens with one attached hydrogen (secondary N) is 2. The summed E-state index contributed by atoms with van der Waals surface area (Å²) in [6.07, 6.45) is 1.90. The molecular formula is C14H21FN2O2S. The number of carbonyl (C=O) groups is 1. The fraction of sp³-hybridized carbons (Fsp3) is 0.500. The average Bonchev–Trinajstić information content (AvgIpc) is 2.45. The highest BCUT2D eigenvalue weighted by Crippen LogP contribution is 2.15. The molecule has 0 heterocycles. The Labute approximate surface area is 123 Å². The van der Waals surface area contributed by atoms with Crippen LogP contribution in [0.3, 0.4) is 0 Å². The van der Waals surface area contributed by atoms with Crippen molar-refractivity contribution in [3.8, 4) is 0 Å². The van der Waals surface area contributed by atoms with Crippen molar-refractivity contribution < 1.29 is 13.9 Å². The van der Waals surface area contributed by atoms with Crippen molar-refractivity contribution in [2.45, 2.75) is 5.75 Å². The zero-order valence-corrected chi connectivity index (χ0v) is 12.7. The van der Waals surface area contributed by atoms with Gasteiger partial charge < -0.3 is 15.4 Å². The lowest BCUT2D eigenvalue weighted by Gasteiger charge is -2.08. The molecule has 4 nitrogen and oxygen atoms in total. The minimum Gasteiger partial charge on any atom is -0.383 e. The SMILES string of the molecule is COCCNCCNC(=O)c1ccc(F)c(CSC)c1. The van der Waals surface area contributed by atoms with E-state index in [9.17, 15) is 9.18 Å². The molecule has 112 valence electrons. The van der Waals surface area contributed by atoms with Crippen LogP contribution in [0, 0.1) is 5.82 Å². The van der Waals surface area contributed by atoms with Gasteiger partial charge in [-0.2, -0.15) is 11.8 Å². The van der Waals surface area contributed by atoms with Crippen LogP contribution in [0.1, 0.15) is 15.9 Å². The lowest BCUT2D eigenvalue weighted by Crippen LogP contribution is -2.33. The molecule has 0 aliphatic rings. The predicted octanol–water partition coefficient (Wildman–Crippen LogP) is 1.65. The summed E-state index contributed by atoms with van der Waals surface area (Å²) < 4.78 is 18.4. The monoisotopic (exact) mass is 300 g/mol. The van der Waals surface area contributed by atoms with E-state index in [1.807, 2.05) is 6.26 Å². The van der Waals surface area contributed by atoms with E-state index >= 15 is 0 Å². The van der Waals surface area contributed by atoms with E-state index in [0.717, 1.165) is 6.54 Å². The van der Waals surface area contributed by atoms with Gasteiger partial charge in [0.05, 0.1) is 6.61 Å². The van der Waals surface area contributed by atoms with Gasteiger partial charge in [0.1, 0.15) is 5.82 Å². The lowest BCUT2D eigenvalue weighted by molar-refractivity contribution is 0.0953. The molecule has 0 atom stereocenters. The quantitative estimate of drug-likeness (QED) is 0.681. The largest absolute Gasteiger partial charge is 0.383 e. The number of thioether (sulfide) groups is 1. The lowest BCUT2D eigenvalue weighted by atomic mass is 10.1. The van der Waals surface area contributed by atoms with Gasteiger partial charge in [0.15, 0.2) is 0 Å². The highest BCUT2D eigenvalue weighted by molar-refractivity contribution is 7.97. The highest BCUT2D eigenvalue weighted by atomic mass is 32.2. The normalized spacial score (nSPS) is 10.6. The molecule has 1 rings (SSSR count). The van der Waals surface area contributed by atoms with Crippen LogP contribution in [-0.2, 0) is 10.5 Å². The maximum absolute atomic E-state index is 13.5. The second-order valence-corrected chi connectivity index (χ2v) is 5.10. The number of benzene rings is 1. The van der Waals surface area contributed by atoms with Gasteiger partial charge in [-0.3, -0.25) is 4.79 Å². The van der Waals surface area contributed by atoms with Crippen LogP contribution in [0.15, 0.2) is 18.2 Å². The molecule has 0 bridgehead atoms. The van der Waals surface area contributed by atoms with Crippen LogP contribution in [0.4, 0.5) is 4.39 Å². The Bertz CT molecular complexity index is 430. The first-order valence-electron chi connectivity index (χ1n) is 6.44. The number of hydrogen-bond acceptors (Lipinski definition) is 4. The van der Waals surface area contributed by atoms with Gasteiger partial charge >= 0.3 is 0 Å². The van der Waals surface area contributed by atoms with Crippen LogP contribution >= 0.6 is 11.8 Å². The van der Waals surface area contributed by atoms with Crippen molar-refractivity contribution in [1.82, 2.24) is 10.6 Å². The number of amides is 1. The zero-order valence-electron chi connectivity index (χ0n) is 11.9. The number of hydrogen-bond donors (Lipinski definition) is 2. The first-order valence-corrected chi connectivity index (χ1v) is 7.83. The van der Waals surface area contributed by atoms with E-state index in [0.29, 0.717) is 36.6 Å². The summed E-state index contributed by atoms with van der Waals surface area (Å²) in [7, 11) is 1.64. The average molecular weight is 300 g/mol. The number of ether oxygens (including phenoxy) is 1. The molecule has 2 N–H and O–H groups in total. The van der Waals surface area contributed by atoms with Crippen LogP contribution in [0.2, 0.25) is 0 Å². The molecule has 0 spiro atoms. The maximum Gasteiger partial charge on any atom is 0.251 e. The van der Waals surface area contributed by atoms with Crippen LogP contribution in [0.25, 0.3) is 0 Å². The molecule has 1 aromatic rings. The molecule has 1 amide bonds. The van der Waals surface area contributed by atoms with E-state index in [2.05, 4.69) is 10.6 Å². The van der Waals surface area contributed by atoms with E-state index in [-0.39, 0.29) is 11.7 Å². The fourth-order valence-electron chi connectivity index (χ4n) is 1.65. The molecule has 0 unspecified atom stereocenters. The zero-order chi connectivity index (χ0) is 14.8. The molecule has 0 saturated heterocycles. The van der Waals surface area contributed by atoms with Gasteiger partial charge in [-0.25, -0.2) is 4.39 Å². The molecule has 0 fully saturated rings. The van der Waals surface area contributed by atoms with Gasteiger partial charge in [0, 0.05) is 38.1 Å². The third-order valence-corrected chi connectivity index (χ3v) is 3.28. The van der Waals surface area contributed by atoms with Crippen molar-refractivity contribution in [2.24, 2.45) is 0 Å². The fourth-order valence-corrected chi connectivity index (χ4v) is 2.18. The molecule has 1 aromatic carbocycles. The Morgan fingerprint density at radius 2 is 2.15 bits per heavy atom. The first-order chi connectivity index (χ1) is 9.69. The minimum atomic E-state index is -0.267. The van der Waals surface area contributed by atoms with Crippen LogP contribution < -0.4 is 10.6 Å². The number of methoxy groups -OCH3 is 1. The summed E-state index contributed by atoms with van der Waals surface area (Å²) in [6.45, 7) is 2.59. The smallest absolute Gasteiger partial charge is 0.251 e. The van der Waals surface area contributed by atoms with Crippen molar-refractivity contribution in [2.75, 3.05) is 39.6 Å². The van der Waals surface area contributed by atoms with E-state index in [4.69, 9.17) is 4.74 Å². The summed E-state index contributed by atoms with van der Waals surface area (Å²) in [4.78, 5) is 11.9. The molecule has 0 aliphatic heterocycles. The summed E-state index contributed by atoms with van der Waals surface area (Å²) in [5, 5.41) is 5.92. The van der Waals surface area contributed by atoms with E-state index < -0.39 is 0 Å². The molecular weight excluding hydrogens is 279 g/mol. The standard InChI is InChI=1S/C14H21FN2O2S/c1-19-8-7-16-5-6-17-14(18)11-3-4-13(15)12(9-11)10-20-2/h3-4,9,16H,5-8,10H2,1-2H3,(H,17,18). The van der Waals surface area contributed by atoms with E-state index in [1.54, 1.807) is 13.2 Å². The predicted molar refractivity (Wildman–Crippen MR) is 80.7 cm³/mol. The molecule has 0 aliphatic carbocycles. The molecule has 20 heavy (non-hydrogen) atoms. The summed E-state index contributed by atoms with van der Waals surface area (Å²) in [5.41, 5.74) is 1.05. The molecule has 0 aromatic heterocycles. The van der Waals surface area contributed by atoms with Crippen molar-refractivity contribution >= 4 is 17.7 Å². The summed E-state index contributed by atoms with van der Waals surface area (Å²) in [6, 6.07) is 4.46. The molecule has 0 saturated carbocycles. The van der Waals surface area contributed by atoms with Gasteiger partial charge in [0.2, 0.25) is 0 Å². The summed E-state index contributed by atoms with van der Waals surface area (Å²) in [5.74, 6) is 0.115. The van der Waals surface area contributed by atoms with Gasteiger partial charge in [-0.15, -0.1) is 0 Å². The second kappa shape index (κ2) is 9.74. The number of rotatable bonds is 9. The number of halogens is 1. The van der Waals surface area contributed by atoms with Gasteiger partial charge in [0.25, 0.3) is 5.91 Å². The van der Waals surface area contributed by atoms with Gasteiger partial charge in [-0.1, -0.05) is 0 Å². The van der Waals surface area contributed by atoms with E-state index in [1.165, 1.54) is 23.9 Å². The third kappa shape index (κ3) is 5.90. The third-order valence-electron chi connectivity index (χ3n) is 2.68. The number of carbonyl (C=O) groups excluding carboxylic acids is 1. The van der Waals surface area contributed by atoms with Crippen molar-refractivity contribution in [3.05, 3.63) is 35.1 Å². The minimum absolute atomic E-state index is 0.180. The Kier molecular flexibility index (Phi) is 8.25. The molecule has 6 heteroatoms. The van der Waals surface area contributed by atoms with Crippen molar-refractivity contribution in [3.63, 3.8) is 0 Å². The summed E-state index contributed by atoms with van der Waals surface area (Å²) >= 11 is 1.52. The van der Waals surface area contributed by atoms with Crippen LogP contribution in [0.5, 0.6) is 0 Å². The first kappa shape index (κ1) is 16.9.